The topological polar surface area (TPSA) is 58.6 Å². The Balaban J connectivity index is 1.46. The molecule has 29 heavy (non-hydrogen) atoms. The highest BCUT2D eigenvalue weighted by molar-refractivity contribution is 5.94. The van der Waals surface area contributed by atoms with E-state index in [4.69, 9.17) is 4.74 Å². The van der Waals surface area contributed by atoms with Crippen LogP contribution in [0.25, 0.3) is 0 Å². The second kappa shape index (κ2) is 9.03. The van der Waals surface area contributed by atoms with Crippen molar-refractivity contribution in [3.8, 4) is 5.75 Å². The van der Waals surface area contributed by atoms with E-state index in [2.05, 4.69) is 5.32 Å². The van der Waals surface area contributed by atoms with Crippen molar-refractivity contribution in [1.82, 2.24) is 10.2 Å². The molecule has 2 aromatic rings. The molecule has 2 amide bonds. The Labute approximate surface area is 168 Å². The van der Waals surface area contributed by atoms with Crippen molar-refractivity contribution in [2.45, 2.75) is 32.7 Å². The van der Waals surface area contributed by atoms with Gasteiger partial charge in [-0.2, -0.15) is 0 Å². The van der Waals surface area contributed by atoms with E-state index in [1.807, 2.05) is 32.0 Å². The number of benzene rings is 2. The van der Waals surface area contributed by atoms with Crippen molar-refractivity contribution in [2.24, 2.45) is 0 Å². The Bertz CT molecular complexity index is 909. The Kier molecular flexibility index (Phi) is 6.46. The third-order valence-corrected chi connectivity index (χ3v) is 5.00. The van der Waals surface area contributed by atoms with Crippen LogP contribution in [0.1, 0.15) is 34.3 Å². The molecule has 0 bridgehead atoms. The van der Waals surface area contributed by atoms with Gasteiger partial charge < -0.3 is 15.0 Å². The molecule has 0 aliphatic carbocycles. The molecular weight excluding hydrogens is 378 g/mol. The summed E-state index contributed by atoms with van der Waals surface area (Å²) in [4.78, 5) is 26.1. The molecule has 2 aromatic carbocycles. The maximum atomic E-state index is 13.8. The molecule has 7 heteroatoms. The number of hydrogen-bond acceptors (Lipinski definition) is 3. The molecule has 154 valence electrons. The highest BCUT2D eigenvalue weighted by Gasteiger charge is 2.26. The number of rotatable bonds is 5. The van der Waals surface area contributed by atoms with Crippen molar-refractivity contribution < 1.29 is 23.1 Å². The second-order valence-electron chi connectivity index (χ2n) is 7.32. The minimum Gasteiger partial charge on any atom is -0.484 e. The number of nitrogens with zero attached hydrogens (tertiary/aromatic N) is 1. The van der Waals surface area contributed by atoms with Crippen LogP contribution < -0.4 is 10.1 Å². The molecule has 5 nitrogen and oxygen atoms in total. The number of carbonyl (C=O) groups excluding carboxylic acids is 2. The molecule has 0 atom stereocenters. The second-order valence-corrected chi connectivity index (χ2v) is 7.32. The first kappa shape index (κ1) is 20.8. The lowest BCUT2D eigenvalue weighted by Gasteiger charge is -2.32. The lowest BCUT2D eigenvalue weighted by molar-refractivity contribution is -0.124. The lowest BCUT2D eigenvalue weighted by atomic mass is 10.0. The number of halogens is 2. The summed E-state index contributed by atoms with van der Waals surface area (Å²) >= 11 is 0. The van der Waals surface area contributed by atoms with Crippen molar-refractivity contribution in [2.75, 3.05) is 19.7 Å². The van der Waals surface area contributed by atoms with E-state index in [0.717, 1.165) is 23.3 Å². The molecule has 1 heterocycles. The van der Waals surface area contributed by atoms with Crippen LogP contribution in [-0.4, -0.2) is 42.5 Å². The Morgan fingerprint density at radius 2 is 1.83 bits per heavy atom. The Morgan fingerprint density at radius 3 is 2.48 bits per heavy atom. The fraction of sp³-hybridized carbons (Fsp3) is 0.364. The van der Waals surface area contributed by atoms with Gasteiger partial charge in [-0.3, -0.25) is 9.59 Å². The minimum absolute atomic E-state index is 0.0765. The summed E-state index contributed by atoms with van der Waals surface area (Å²) in [5.41, 5.74) is 1.95. The normalized spacial score (nSPS) is 14.6. The molecule has 0 aromatic heterocycles. The third kappa shape index (κ3) is 5.31. The van der Waals surface area contributed by atoms with Gasteiger partial charge >= 0.3 is 0 Å². The third-order valence-electron chi connectivity index (χ3n) is 5.00. The summed E-state index contributed by atoms with van der Waals surface area (Å²) in [6, 6.07) is 8.62. The van der Waals surface area contributed by atoms with Crippen LogP contribution in [0.5, 0.6) is 5.75 Å². The minimum atomic E-state index is -0.867. The van der Waals surface area contributed by atoms with E-state index in [1.165, 1.54) is 4.90 Å². The average Bonchev–Trinajstić information content (AvgIpc) is 2.67. The lowest BCUT2D eigenvalue weighted by Crippen LogP contribution is -2.47. The van der Waals surface area contributed by atoms with E-state index in [1.54, 1.807) is 0 Å². The predicted octanol–water partition coefficient (Wildman–Crippen LogP) is 3.38. The van der Waals surface area contributed by atoms with Crippen molar-refractivity contribution in [3.63, 3.8) is 0 Å². The van der Waals surface area contributed by atoms with Crippen LogP contribution in [0.2, 0.25) is 0 Å². The van der Waals surface area contributed by atoms with Crippen LogP contribution in [0.15, 0.2) is 36.4 Å². The van der Waals surface area contributed by atoms with Crippen LogP contribution in [-0.2, 0) is 4.79 Å². The molecule has 0 saturated carbocycles. The van der Waals surface area contributed by atoms with E-state index < -0.39 is 17.5 Å². The monoisotopic (exact) mass is 402 g/mol. The SMILES string of the molecule is Cc1ccc(OCC(=O)NC2CCN(C(=O)c3ccc(F)cc3F)CC2)c(C)c1. The Morgan fingerprint density at radius 1 is 1.10 bits per heavy atom. The molecule has 0 spiro atoms. The molecule has 1 fully saturated rings. The number of nitrogens with one attached hydrogen (secondary N) is 1. The van der Waals surface area contributed by atoms with Crippen LogP contribution in [0.3, 0.4) is 0 Å². The summed E-state index contributed by atoms with van der Waals surface area (Å²) in [5.74, 6) is -1.60. The van der Waals surface area contributed by atoms with Gasteiger partial charge in [0.25, 0.3) is 11.8 Å². The van der Waals surface area contributed by atoms with Gasteiger partial charge in [0, 0.05) is 25.2 Å². The van der Waals surface area contributed by atoms with Gasteiger partial charge in [0.15, 0.2) is 6.61 Å². The molecule has 0 radical (unpaired) electrons. The highest BCUT2D eigenvalue weighted by atomic mass is 19.1. The van der Waals surface area contributed by atoms with Crippen LogP contribution >= 0.6 is 0 Å². The van der Waals surface area contributed by atoms with Crippen LogP contribution in [0, 0.1) is 25.5 Å². The van der Waals surface area contributed by atoms with E-state index in [-0.39, 0.29) is 24.1 Å². The average molecular weight is 402 g/mol. The summed E-state index contributed by atoms with van der Waals surface area (Å²) < 4.78 is 32.4. The smallest absolute Gasteiger partial charge is 0.258 e. The molecule has 0 unspecified atom stereocenters. The fourth-order valence-corrected chi connectivity index (χ4v) is 3.43. The summed E-state index contributed by atoms with van der Waals surface area (Å²) in [7, 11) is 0. The number of aryl methyl sites for hydroxylation is 2. The van der Waals surface area contributed by atoms with Crippen molar-refractivity contribution in [1.29, 1.82) is 0 Å². The van der Waals surface area contributed by atoms with Crippen molar-refractivity contribution in [3.05, 3.63) is 64.7 Å². The zero-order valence-electron chi connectivity index (χ0n) is 16.5. The quantitative estimate of drug-likeness (QED) is 0.834. The summed E-state index contributed by atoms with van der Waals surface area (Å²) in [6.45, 7) is 4.61. The molecule has 1 aliphatic rings. The maximum Gasteiger partial charge on any atom is 0.258 e. The zero-order chi connectivity index (χ0) is 21.0. The molecule has 1 aliphatic heterocycles. The van der Waals surface area contributed by atoms with Gasteiger partial charge in [-0.05, 0) is 50.5 Å². The van der Waals surface area contributed by atoms with Crippen molar-refractivity contribution >= 4 is 11.8 Å². The molecular formula is C22H24F2N2O3. The van der Waals surface area contributed by atoms with Gasteiger partial charge in [-0.25, -0.2) is 8.78 Å². The molecule has 3 rings (SSSR count). The number of likely N-dealkylation sites (tertiary alicyclic amines) is 1. The van der Waals surface area contributed by atoms with E-state index >= 15 is 0 Å². The first-order valence-electron chi connectivity index (χ1n) is 9.57. The Hall–Kier alpha value is -2.96. The van der Waals surface area contributed by atoms with Gasteiger partial charge in [0.1, 0.15) is 17.4 Å². The fourth-order valence-electron chi connectivity index (χ4n) is 3.43. The number of amides is 2. The number of ether oxygens (including phenoxy) is 1. The van der Waals surface area contributed by atoms with Crippen LogP contribution in [0.4, 0.5) is 8.78 Å². The number of hydrogen-bond donors (Lipinski definition) is 1. The van der Waals surface area contributed by atoms with Gasteiger partial charge in [-0.1, -0.05) is 17.7 Å². The first-order chi connectivity index (χ1) is 13.8. The summed E-state index contributed by atoms with van der Waals surface area (Å²) in [6.07, 6.45) is 1.12. The highest BCUT2D eigenvalue weighted by Crippen LogP contribution is 2.19. The standard InChI is InChI=1S/C22H24F2N2O3/c1-14-3-6-20(15(2)11-14)29-13-21(27)25-17-7-9-26(10-8-17)22(28)18-5-4-16(23)12-19(18)24/h3-6,11-12,17H,7-10,13H2,1-2H3,(H,25,27). The van der Waals surface area contributed by atoms with Gasteiger partial charge in [0.2, 0.25) is 0 Å². The van der Waals surface area contributed by atoms with E-state index in [9.17, 15) is 18.4 Å². The van der Waals surface area contributed by atoms with E-state index in [0.29, 0.717) is 37.7 Å². The molecule has 1 N–H and O–H groups in total. The predicted molar refractivity (Wildman–Crippen MR) is 105 cm³/mol. The maximum absolute atomic E-state index is 13.8. The van der Waals surface area contributed by atoms with Gasteiger partial charge in [0.05, 0.1) is 5.56 Å². The molecule has 1 saturated heterocycles. The first-order valence-corrected chi connectivity index (χ1v) is 9.57. The number of piperidine rings is 1. The van der Waals surface area contributed by atoms with Gasteiger partial charge in [-0.15, -0.1) is 0 Å². The summed E-state index contributed by atoms with van der Waals surface area (Å²) in [5, 5.41) is 2.91. The largest absolute Gasteiger partial charge is 0.484 e. The number of carbonyl (C=O) groups is 2. The zero-order valence-corrected chi connectivity index (χ0v) is 16.5.